The van der Waals surface area contributed by atoms with Crippen molar-refractivity contribution in [3.8, 4) is 0 Å². The average molecular weight is 227 g/mol. The molecule has 0 aromatic heterocycles. The van der Waals surface area contributed by atoms with Gasteiger partial charge in [-0.3, -0.25) is 4.90 Å². The van der Waals surface area contributed by atoms with Crippen LogP contribution < -0.4 is 0 Å². The highest BCUT2D eigenvalue weighted by Crippen LogP contribution is 2.65. The molecule has 2 aliphatic heterocycles. The minimum atomic E-state index is 0.389. The Labute approximate surface area is 104 Å². The van der Waals surface area contributed by atoms with Crippen LogP contribution in [0.4, 0.5) is 0 Å². The van der Waals surface area contributed by atoms with Crippen molar-refractivity contribution in [2.24, 2.45) is 17.3 Å². The van der Waals surface area contributed by atoms with E-state index in [1.807, 2.05) is 0 Å². The van der Waals surface area contributed by atoms with E-state index in [2.05, 4.69) is 43.6 Å². The van der Waals surface area contributed by atoms with Crippen LogP contribution in [0.5, 0.6) is 0 Å². The quantitative estimate of drug-likeness (QED) is 0.575. The smallest absolute Gasteiger partial charge is 0.0392 e. The minimum Gasteiger partial charge on any atom is -0.286 e. The Morgan fingerprint density at radius 1 is 1.47 bits per heavy atom. The Bertz CT molecular complexity index is 458. The molecule has 17 heavy (non-hydrogen) atoms. The van der Waals surface area contributed by atoms with E-state index in [1.165, 1.54) is 18.4 Å². The first-order valence-corrected chi connectivity index (χ1v) is 6.92. The maximum Gasteiger partial charge on any atom is 0.0392 e. The summed E-state index contributed by atoms with van der Waals surface area (Å²) in [6.45, 7) is 10.3. The van der Waals surface area contributed by atoms with Gasteiger partial charge in [0, 0.05) is 24.5 Å². The molecular weight excluding hydrogens is 206 g/mol. The van der Waals surface area contributed by atoms with Crippen molar-refractivity contribution in [2.45, 2.75) is 38.8 Å². The highest BCUT2D eigenvalue weighted by atomic mass is 15.3. The van der Waals surface area contributed by atoms with E-state index in [0.29, 0.717) is 17.5 Å². The molecule has 2 heterocycles. The van der Waals surface area contributed by atoms with Crippen LogP contribution in [0.15, 0.2) is 36.0 Å². The second-order valence-corrected chi connectivity index (χ2v) is 6.61. The third kappa shape index (κ3) is 1.09. The van der Waals surface area contributed by atoms with E-state index in [0.717, 1.165) is 18.4 Å². The summed E-state index contributed by atoms with van der Waals surface area (Å²) >= 11 is 0. The molecule has 0 radical (unpaired) electrons. The zero-order valence-corrected chi connectivity index (χ0v) is 10.8. The average Bonchev–Trinajstić information content (AvgIpc) is 2.73. The molecule has 1 nitrogen and oxygen atoms in total. The van der Waals surface area contributed by atoms with Crippen molar-refractivity contribution in [3.63, 3.8) is 0 Å². The molecule has 1 saturated heterocycles. The molecule has 2 fully saturated rings. The van der Waals surface area contributed by atoms with Gasteiger partial charge in [0.05, 0.1) is 0 Å². The van der Waals surface area contributed by atoms with Crippen LogP contribution in [0, 0.1) is 17.3 Å². The van der Waals surface area contributed by atoms with Crippen LogP contribution in [0.25, 0.3) is 0 Å². The van der Waals surface area contributed by atoms with Crippen LogP contribution in [-0.4, -0.2) is 23.5 Å². The van der Waals surface area contributed by atoms with Gasteiger partial charge in [-0.1, -0.05) is 42.9 Å². The first-order valence-electron chi connectivity index (χ1n) is 6.92. The lowest BCUT2D eigenvalue weighted by molar-refractivity contribution is 0.0389. The Kier molecular flexibility index (Phi) is 1.76. The molecule has 0 aromatic rings. The molecule has 1 heteroatoms. The van der Waals surface area contributed by atoms with Gasteiger partial charge in [-0.25, -0.2) is 0 Å². The third-order valence-electron chi connectivity index (χ3n) is 5.66. The van der Waals surface area contributed by atoms with Gasteiger partial charge in [0.1, 0.15) is 0 Å². The highest BCUT2D eigenvalue weighted by molar-refractivity contribution is 5.44. The standard InChI is InChI=1S/C16H21N/c1-10-6-7-12-13-5-4-8-17(13)15-11(2)14(15)16(12,3)9-10/h4-5,9,12-15H,2,6-8H2,1,3H3. The number of hydrogen-bond acceptors (Lipinski definition) is 1. The molecule has 0 spiro atoms. The molecule has 5 unspecified atom stereocenters. The van der Waals surface area contributed by atoms with E-state index in [-0.39, 0.29) is 0 Å². The summed E-state index contributed by atoms with van der Waals surface area (Å²) in [6, 6.07) is 1.36. The molecule has 0 amide bonds. The Morgan fingerprint density at radius 3 is 3.12 bits per heavy atom. The number of piperidine rings is 1. The fourth-order valence-corrected chi connectivity index (χ4v) is 4.93. The number of hydrogen-bond donors (Lipinski definition) is 0. The van der Waals surface area contributed by atoms with Crippen LogP contribution in [0.3, 0.4) is 0 Å². The van der Waals surface area contributed by atoms with Gasteiger partial charge >= 0.3 is 0 Å². The maximum atomic E-state index is 4.33. The van der Waals surface area contributed by atoms with Gasteiger partial charge < -0.3 is 0 Å². The molecule has 0 aromatic carbocycles. The lowest BCUT2D eigenvalue weighted by atomic mass is 9.62. The molecule has 0 bridgehead atoms. The fraction of sp³-hybridized carbons (Fsp3) is 0.625. The molecule has 2 aliphatic carbocycles. The van der Waals surface area contributed by atoms with Crippen LogP contribution in [0.2, 0.25) is 0 Å². The van der Waals surface area contributed by atoms with E-state index >= 15 is 0 Å². The Balaban J connectivity index is 1.83. The predicted octanol–water partition coefficient (Wildman–Crippen LogP) is 3.16. The predicted molar refractivity (Wildman–Crippen MR) is 70.6 cm³/mol. The summed E-state index contributed by atoms with van der Waals surface area (Å²) in [5.41, 5.74) is 3.48. The normalized spacial score (nSPS) is 51.6. The van der Waals surface area contributed by atoms with E-state index in [1.54, 1.807) is 5.57 Å². The molecule has 4 rings (SSSR count). The van der Waals surface area contributed by atoms with E-state index < -0.39 is 0 Å². The molecule has 4 aliphatic rings. The van der Waals surface area contributed by atoms with Crippen molar-refractivity contribution in [3.05, 3.63) is 36.0 Å². The first kappa shape index (κ1) is 10.1. The Morgan fingerprint density at radius 2 is 2.29 bits per heavy atom. The number of fused-ring (bicyclic) bond motifs is 6. The summed E-state index contributed by atoms with van der Waals surface area (Å²) in [5, 5.41) is 0. The summed E-state index contributed by atoms with van der Waals surface area (Å²) in [7, 11) is 0. The maximum absolute atomic E-state index is 4.33. The van der Waals surface area contributed by atoms with Gasteiger partial charge in [0.2, 0.25) is 0 Å². The summed E-state index contributed by atoms with van der Waals surface area (Å²) in [4.78, 5) is 2.69. The topological polar surface area (TPSA) is 3.24 Å². The van der Waals surface area contributed by atoms with Crippen molar-refractivity contribution in [2.75, 3.05) is 6.54 Å². The van der Waals surface area contributed by atoms with Crippen molar-refractivity contribution in [1.29, 1.82) is 0 Å². The summed E-state index contributed by atoms with van der Waals surface area (Å²) in [6.07, 6.45) is 10.1. The zero-order valence-electron chi connectivity index (χ0n) is 10.8. The number of nitrogens with zero attached hydrogens (tertiary/aromatic N) is 1. The fourth-order valence-electron chi connectivity index (χ4n) is 4.93. The second kappa shape index (κ2) is 2.95. The lowest BCUT2D eigenvalue weighted by Gasteiger charge is -2.49. The highest BCUT2D eigenvalue weighted by Gasteiger charge is 2.65. The molecule has 1 saturated carbocycles. The van der Waals surface area contributed by atoms with Crippen LogP contribution in [0.1, 0.15) is 26.7 Å². The minimum absolute atomic E-state index is 0.389. The second-order valence-electron chi connectivity index (χ2n) is 6.61. The summed E-state index contributed by atoms with van der Waals surface area (Å²) < 4.78 is 0. The van der Waals surface area contributed by atoms with Crippen LogP contribution >= 0.6 is 0 Å². The monoisotopic (exact) mass is 227 g/mol. The van der Waals surface area contributed by atoms with Crippen molar-refractivity contribution >= 4 is 0 Å². The number of rotatable bonds is 0. The number of allylic oxidation sites excluding steroid dienone is 2. The molecule has 0 N–H and O–H groups in total. The zero-order chi connectivity index (χ0) is 11.8. The lowest BCUT2D eigenvalue weighted by Crippen LogP contribution is -2.51. The largest absolute Gasteiger partial charge is 0.286 e. The third-order valence-corrected chi connectivity index (χ3v) is 5.66. The van der Waals surface area contributed by atoms with Crippen molar-refractivity contribution < 1.29 is 0 Å². The van der Waals surface area contributed by atoms with Crippen molar-refractivity contribution in [1.82, 2.24) is 4.90 Å². The molecular formula is C16H21N. The van der Waals surface area contributed by atoms with Gasteiger partial charge in [0.15, 0.2) is 0 Å². The first-order chi connectivity index (χ1) is 8.13. The van der Waals surface area contributed by atoms with Gasteiger partial charge in [-0.2, -0.15) is 0 Å². The molecule has 5 atom stereocenters. The molecule has 90 valence electrons. The van der Waals surface area contributed by atoms with Gasteiger partial charge in [-0.05, 0) is 31.1 Å². The van der Waals surface area contributed by atoms with E-state index in [4.69, 9.17) is 0 Å². The van der Waals surface area contributed by atoms with Crippen LogP contribution in [-0.2, 0) is 0 Å². The SMILES string of the molecule is C=C1C2C1C1(C)C=C(C)CCC1C1C=CCN12. The Hall–Kier alpha value is -0.820. The van der Waals surface area contributed by atoms with Gasteiger partial charge in [0.25, 0.3) is 0 Å². The van der Waals surface area contributed by atoms with E-state index in [9.17, 15) is 0 Å². The van der Waals surface area contributed by atoms with Gasteiger partial charge in [-0.15, -0.1) is 0 Å². The summed E-state index contributed by atoms with van der Waals surface area (Å²) in [5.74, 6) is 1.55.